The Labute approximate surface area is 132 Å². The van der Waals surface area contributed by atoms with Gasteiger partial charge in [-0.05, 0) is 13.8 Å². The summed E-state index contributed by atoms with van der Waals surface area (Å²) in [5.41, 5.74) is 1.20. The van der Waals surface area contributed by atoms with E-state index in [-0.39, 0.29) is 0 Å². The molecule has 6 heteroatoms. The molecule has 1 aromatic heterocycles. The largest absolute Gasteiger partial charge is 0.623 e. The highest BCUT2D eigenvalue weighted by Crippen LogP contribution is 2.10. The summed E-state index contributed by atoms with van der Waals surface area (Å²) >= 11 is 0. The predicted molar refractivity (Wildman–Crippen MR) is 88.6 cm³/mol. The van der Waals surface area contributed by atoms with Crippen LogP contribution in [0.3, 0.4) is 0 Å². The summed E-state index contributed by atoms with van der Waals surface area (Å²) < 4.78 is 1.73. The molecule has 122 valence electrons. The van der Waals surface area contributed by atoms with Gasteiger partial charge in [-0.25, -0.2) is 19.4 Å². The fourth-order valence-electron chi connectivity index (χ4n) is 1.49. The molecule has 0 N–H and O–H groups in total. The lowest BCUT2D eigenvalue weighted by atomic mass is 10.1. The van der Waals surface area contributed by atoms with Gasteiger partial charge in [0.25, 0.3) is 0 Å². The van der Waals surface area contributed by atoms with Crippen LogP contribution in [0.25, 0.3) is 0 Å². The van der Waals surface area contributed by atoms with Gasteiger partial charge in [-0.1, -0.05) is 0 Å². The smallest absolute Gasteiger partial charge is 0.202 e. The minimum absolute atomic E-state index is 0.521. The number of aryl methyl sites for hydroxylation is 2. The fraction of sp³-hybridized carbons (Fsp3) is 0.625. The van der Waals surface area contributed by atoms with Gasteiger partial charge >= 0.3 is 0 Å². The Kier molecular flexibility index (Phi) is 4.95. The second kappa shape index (κ2) is 6.02. The zero-order chi connectivity index (χ0) is 17.3. The average Bonchev–Trinajstić information content (AvgIpc) is 2.32. The van der Waals surface area contributed by atoms with Crippen LogP contribution in [0.5, 0.6) is 0 Å². The summed E-state index contributed by atoms with van der Waals surface area (Å²) in [4.78, 5) is 8.81. The topological polar surface area (TPSA) is 77.9 Å². The number of nitrogens with zero attached hydrogens (tertiary/aromatic N) is 4. The highest BCUT2D eigenvalue weighted by molar-refractivity contribution is 5.78. The number of rotatable bonds is 2. The zero-order valence-electron chi connectivity index (χ0n) is 14.8. The van der Waals surface area contributed by atoms with Crippen LogP contribution in [-0.4, -0.2) is 43.0 Å². The van der Waals surface area contributed by atoms with E-state index >= 15 is 0 Å². The van der Waals surface area contributed by atoms with Crippen molar-refractivity contribution < 1.29 is 9.48 Å². The first kappa shape index (κ1) is 18.1. The van der Waals surface area contributed by atoms with Gasteiger partial charge in [-0.15, -0.1) is 0 Å². The molecule has 0 spiro atoms. The van der Waals surface area contributed by atoms with E-state index in [1.807, 2.05) is 41.5 Å². The first-order valence-corrected chi connectivity index (χ1v) is 7.30. The van der Waals surface area contributed by atoms with E-state index in [1.54, 1.807) is 13.8 Å². The molecule has 6 nitrogen and oxygen atoms in total. The van der Waals surface area contributed by atoms with E-state index in [4.69, 9.17) is 0 Å². The monoisotopic (exact) mass is 306 g/mol. The van der Waals surface area contributed by atoms with Crippen LogP contribution in [0, 0.1) is 24.3 Å². The Balaban J connectivity index is 3.30. The summed E-state index contributed by atoms with van der Waals surface area (Å²) in [7, 11) is 0. The molecule has 0 aliphatic rings. The molecule has 0 aromatic carbocycles. The molecule has 0 unspecified atom stereocenters. The minimum Gasteiger partial charge on any atom is -0.623 e. The minimum atomic E-state index is -0.537. The van der Waals surface area contributed by atoms with Gasteiger partial charge in [0, 0.05) is 41.5 Å². The molecule has 0 bridgehead atoms. The Morgan fingerprint density at radius 3 is 1.23 bits per heavy atom. The van der Waals surface area contributed by atoms with Crippen molar-refractivity contribution in [2.45, 2.75) is 66.5 Å². The first-order chi connectivity index (χ1) is 9.82. The highest BCUT2D eigenvalue weighted by atomic mass is 16.5. The molecule has 0 saturated heterocycles. The van der Waals surface area contributed by atoms with Gasteiger partial charge in [0.15, 0.2) is 11.1 Å². The number of aromatic nitrogens is 2. The van der Waals surface area contributed by atoms with Gasteiger partial charge < -0.3 is 10.4 Å². The maximum absolute atomic E-state index is 12.0. The molecule has 1 rings (SSSR count). The summed E-state index contributed by atoms with van der Waals surface area (Å²) in [6.45, 7) is 14.5. The van der Waals surface area contributed by atoms with Crippen LogP contribution in [0.4, 0.5) is 0 Å². The highest BCUT2D eigenvalue weighted by Gasteiger charge is 2.21. The number of hydroxylamine groups is 2. The molecule has 22 heavy (non-hydrogen) atoms. The van der Waals surface area contributed by atoms with Crippen LogP contribution in [0.1, 0.15) is 64.3 Å². The quantitative estimate of drug-likeness (QED) is 0.364. The standard InChI is InChI=1S/C16H26N4O2/c1-11-13(9-19(21)15(3,4)5)18-12(2)14(17-11)10-20(22)16(6,7)8/h9-10H,1-8H3/b19-9-,20-10-. The Hall–Kier alpha value is -1.98. The van der Waals surface area contributed by atoms with E-state index < -0.39 is 11.1 Å². The summed E-state index contributed by atoms with van der Waals surface area (Å²) in [5, 5.41) is 24.0. The molecule has 0 fully saturated rings. The van der Waals surface area contributed by atoms with Crippen LogP contribution in [-0.2, 0) is 0 Å². The van der Waals surface area contributed by atoms with Gasteiger partial charge in [0.05, 0.1) is 11.4 Å². The maximum Gasteiger partial charge on any atom is 0.202 e. The van der Waals surface area contributed by atoms with Crippen molar-refractivity contribution in [2.75, 3.05) is 0 Å². The second-order valence-corrected chi connectivity index (χ2v) is 7.42. The van der Waals surface area contributed by atoms with Crippen molar-refractivity contribution in [2.24, 2.45) is 0 Å². The van der Waals surface area contributed by atoms with E-state index in [1.165, 1.54) is 12.4 Å². The lowest BCUT2D eigenvalue weighted by Crippen LogP contribution is -2.30. The summed E-state index contributed by atoms with van der Waals surface area (Å²) in [6.07, 6.45) is 2.88. The summed E-state index contributed by atoms with van der Waals surface area (Å²) in [5.74, 6) is 0. The second-order valence-electron chi connectivity index (χ2n) is 7.42. The molecule has 0 radical (unpaired) electrons. The van der Waals surface area contributed by atoms with Crippen LogP contribution in [0.2, 0.25) is 0 Å². The van der Waals surface area contributed by atoms with Crippen molar-refractivity contribution in [3.63, 3.8) is 0 Å². The molecule has 1 heterocycles. The maximum atomic E-state index is 12.0. The summed E-state index contributed by atoms with van der Waals surface area (Å²) in [6, 6.07) is 0. The van der Waals surface area contributed by atoms with E-state index in [0.717, 1.165) is 9.48 Å². The molecular formula is C16H26N4O2. The average molecular weight is 306 g/mol. The first-order valence-electron chi connectivity index (χ1n) is 7.30. The van der Waals surface area contributed by atoms with Gasteiger partial charge in [-0.2, -0.15) is 0 Å². The van der Waals surface area contributed by atoms with Crippen LogP contribution in [0.15, 0.2) is 0 Å². The van der Waals surface area contributed by atoms with Gasteiger partial charge in [-0.3, -0.25) is 0 Å². The molecule has 0 atom stereocenters. The molecular weight excluding hydrogens is 280 g/mol. The molecule has 1 aromatic rings. The normalized spacial score (nSPS) is 14.4. The van der Waals surface area contributed by atoms with Crippen molar-refractivity contribution in [1.82, 2.24) is 9.97 Å². The zero-order valence-corrected chi connectivity index (χ0v) is 14.8. The predicted octanol–water partition coefficient (Wildman–Crippen LogP) is 2.55. The van der Waals surface area contributed by atoms with Crippen molar-refractivity contribution in [1.29, 1.82) is 0 Å². The van der Waals surface area contributed by atoms with Gasteiger partial charge in [0.1, 0.15) is 11.4 Å². The number of hydrogen-bond donors (Lipinski definition) is 0. The Bertz CT molecular complexity index is 565. The lowest BCUT2D eigenvalue weighted by Gasteiger charge is -2.19. The van der Waals surface area contributed by atoms with Crippen molar-refractivity contribution >= 4 is 12.4 Å². The SMILES string of the molecule is Cc1nc(/C=[N+](\[O-])C(C)(C)C)c(C)nc1/C=[N+](\[O-])C(C)(C)C. The Morgan fingerprint density at radius 2 is 1.00 bits per heavy atom. The fourth-order valence-corrected chi connectivity index (χ4v) is 1.49. The molecule has 0 saturated carbocycles. The van der Waals surface area contributed by atoms with Crippen molar-refractivity contribution in [3.8, 4) is 0 Å². The Morgan fingerprint density at radius 1 is 0.727 bits per heavy atom. The molecule has 0 aliphatic carbocycles. The van der Waals surface area contributed by atoms with Crippen LogP contribution < -0.4 is 0 Å². The third-order valence-electron chi connectivity index (χ3n) is 3.12. The third-order valence-corrected chi connectivity index (χ3v) is 3.12. The van der Waals surface area contributed by atoms with E-state index in [9.17, 15) is 10.4 Å². The third kappa shape index (κ3) is 4.51. The molecule has 0 amide bonds. The van der Waals surface area contributed by atoms with E-state index in [0.29, 0.717) is 22.8 Å². The van der Waals surface area contributed by atoms with E-state index in [2.05, 4.69) is 9.97 Å². The van der Waals surface area contributed by atoms with Crippen molar-refractivity contribution in [3.05, 3.63) is 33.2 Å². The molecule has 0 aliphatic heterocycles. The van der Waals surface area contributed by atoms with Gasteiger partial charge in [0.2, 0.25) is 12.4 Å². The lowest BCUT2D eigenvalue weighted by molar-refractivity contribution is -0.531. The van der Waals surface area contributed by atoms with Crippen LogP contribution >= 0.6 is 0 Å². The number of hydrogen-bond acceptors (Lipinski definition) is 4.